The minimum absolute atomic E-state index is 0.0575. The molecule has 1 aromatic heterocycles. The first-order valence-electron chi connectivity index (χ1n) is 5.79. The van der Waals surface area contributed by atoms with Gasteiger partial charge in [0.15, 0.2) is 10.9 Å². The highest BCUT2D eigenvalue weighted by Gasteiger charge is 2.26. The number of anilines is 1. The van der Waals surface area contributed by atoms with Gasteiger partial charge in [0, 0.05) is 25.4 Å². The van der Waals surface area contributed by atoms with E-state index < -0.39 is 0 Å². The molecule has 1 aromatic rings. The van der Waals surface area contributed by atoms with Crippen molar-refractivity contribution >= 4 is 22.3 Å². The fourth-order valence-electron chi connectivity index (χ4n) is 2.08. The highest BCUT2D eigenvalue weighted by atomic mass is 32.1. The summed E-state index contributed by atoms with van der Waals surface area (Å²) in [5.74, 6) is 1.56. The van der Waals surface area contributed by atoms with E-state index in [9.17, 15) is 4.79 Å². The van der Waals surface area contributed by atoms with Crippen molar-refractivity contribution in [2.75, 3.05) is 18.0 Å². The van der Waals surface area contributed by atoms with Crippen LogP contribution in [0.1, 0.15) is 37.7 Å². The summed E-state index contributed by atoms with van der Waals surface area (Å²) in [5, 5.41) is 2.87. The predicted molar refractivity (Wildman–Crippen MR) is 67.3 cm³/mol. The van der Waals surface area contributed by atoms with Crippen LogP contribution in [0.3, 0.4) is 0 Å². The molecule has 0 radical (unpaired) electrons. The molecule has 16 heavy (non-hydrogen) atoms. The maximum Gasteiger partial charge on any atom is 0.185 e. The number of rotatable bonds is 3. The van der Waals surface area contributed by atoms with Gasteiger partial charge in [0.25, 0.3) is 0 Å². The van der Waals surface area contributed by atoms with Gasteiger partial charge in [-0.15, -0.1) is 11.3 Å². The molecule has 88 valence electrons. The van der Waals surface area contributed by atoms with Crippen LogP contribution in [0.5, 0.6) is 0 Å². The Kier molecular flexibility index (Phi) is 3.28. The topological polar surface area (TPSA) is 33.2 Å². The molecular weight excluding hydrogens is 220 g/mol. The standard InChI is InChI=1S/C12H18N2OS/c1-8(2)10-4-5-14(6-10)12-13-11(7-16-12)9(3)15/h7-8,10H,4-6H2,1-3H3. The number of carbonyl (C=O) groups excluding carboxylic acids is 1. The first-order valence-corrected chi connectivity index (χ1v) is 6.67. The van der Waals surface area contributed by atoms with Crippen molar-refractivity contribution in [2.45, 2.75) is 27.2 Å². The van der Waals surface area contributed by atoms with Crippen molar-refractivity contribution in [3.05, 3.63) is 11.1 Å². The first kappa shape index (κ1) is 11.6. The Morgan fingerprint density at radius 3 is 2.88 bits per heavy atom. The van der Waals surface area contributed by atoms with Crippen LogP contribution in [0.4, 0.5) is 5.13 Å². The van der Waals surface area contributed by atoms with Crippen molar-refractivity contribution in [1.29, 1.82) is 0 Å². The van der Waals surface area contributed by atoms with Crippen molar-refractivity contribution in [3.63, 3.8) is 0 Å². The number of thiazole rings is 1. The summed E-state index contributed by atoms with van der Waals surface area (Å²) in [5.41, 5.74) is 0.605. The zero-order valence-corrected chi connectivity index (χ0v) is 10.9. The lowest BCUT2D eigenvalue weighted by Crippen LogP contribution is -2.21. The molecule has 0 spiro atoms. The number of ketones is 1. The Labute approximate surface area is 100 Å². The molecule has 0 aliphatic carbocycles. The highest BCUT2D eigenvalue weighted by Crippen LogP contribution is 2.30. The summed E-state index contributed by atoms with van der Waals surface area (Å²) in [6, 6.07) is 0. The van der Waals surface area contributed by atoms with Gasteiger partial charge in [0.05, 0.1) is 0 Å². The van der Waals surface area contributed by atoms with E-state index in [0.29, 0.717) is 5.69 Å². The third kappa shape index (κ3) is 2.26. The summed E-state index contributed by atoms with van der Waals surface area (Å²) in [4.78, 5) is 17.9. The fraction of sp³-hybridized carbons (Fsp3) is 0.667. The predicted octanol–water partition coefficient (Wildman–Crippen LogP) is 2.83. The molecule has 0 aromatic carbocycles. The number of carbonyl (C=O) groups is 1. The molecule has 1 unspecified atom stereocenters. The highest BCUT2D eigenvalue weighted by molar-refractivity contribution is 7.13. The molecule has 1 saturated heterocycles. The SMILES string of the molecule is CC(=O)c1csc(N2CCC(C(C)C)C2)n1. The molecule has 1 fully saturated rings. The molecule has 1 aliphatic rings. The molecule has 2 heterocycles. The zero-order valence-electron chi connectivity index (χ0n) is 10.1. The second-order valence-electron chi connectivity index (χ2n) is 4.81. The lowest BCUT2D eigenvalue weighted by Gasteiger charge is -2.16. The average molecular weight is 238 g/mol. The Morgan fingerprint density at radius 2 is 2.38 bits per heavy atom. The maximum atomic E-state index is 11.2. The summed E-state index contributed by atoms with van der Waals surface area (Å²) in [7, 11) is 0. The third-order valence-electron chi connectivity index (χ3n) is 3.29. The number of aromatic nitrogens is 1. The molecule has 1 atom stereocenters. The van der Waals surface area contributed by atoms with Crippen LogP contribution in [0.15, 0.2) is 5.38 Å². The normalized spacial score (nSPS) is 20.8. The smallest absolute Gasteiger partial charge is 0.185 e. The lowest BCUT2D eigenvalue weighted by molar-refractivity contribution is 0.101. The van der Waals surface area contributed by atoms with E-state index in [2.05, 4.69) is 23.7 Å². The van der Waals surface area contributed by atoms with Crippen LogP contribution in [0.2, 0.25) is 0 Å². The van der Waals surface area contributed by atoms with Gasteiger partial charge in [-0.1, -0.05) is 13.8 Å². The van der Waals surface area contributed by atoms with Gasteiger partial charge in [0.1, 0.15) is 5.69 Å². The van der Waals surface area contributed by atoms with Crippen molar-refractivity contribution in [2.24, 2.45) is 11.8 Å². The number of hydrogen-bond acceptors (Lipinski definition) is 4. The lowest BCUT2D eigenvalue weighted by atomic mass is 9.95. The van der Waals surface area contributed by atoms with Crippen LogP contribution in [0, 0.1) is 11.8 Å². The summed E-state index contributed by atoms with van der Waals surface area (Å²) in [6.45, 7) is 8.28. The van der Waals surface area contributed by atoms with E-state index in [1.807, 2.05) is 5.38 Å². The number of hydrogen-bond donors (Lipinski definition) is 0. The van der Waals surface area contributed by atoms with Gasteiger partial charge in [-0.25, -0.2) is 4.98 Å². The molecular formula is C12H18N2OS. The Hall–Kier alpha value is -0.900. The van der Waals surface area contributed by atoms with Crippen LogP contribution in [-0.2, 0) is 0 Å². The van der Waals surface area contributed by atoms with Crippen LogP contribution < -0.4 is 4.90 Å². The molecule has 2 rings (SSSR count). The van der Waals surface area contributed by atoms with Gasteiger partial charge in [-0.05, 0) is 18.3 Å². The number of nitrogens with zero attached hydrogens (tertiary/aromatic N) is 2. The van der Waals surface area contributed by atoms with E-state index >= 15 is 0 Å². The molecule has 0 amide bonds. The van der Waals surface area contributed by atoms with Crippen molar-refractivity contribution in [1.82, 2.24) is 4.98 Å². The monoisotopic (exact) mass is 238 g/mol. The Morgan fingerprint density at radius 1 is 1.62 bits per heavy atom. The second-order valence-corrected chi connectivity index (χ2v) is 5.65. The van der Waals surface area contributed by atoms with Gasteiger partial charge in [0.2, 0.25) is 0 Å². The summed E-state index contributed by atoms with van der Waals surface area (Å²) < 4.78 is 0. The van der Waals surface area contributed by atoms with Gasteiger partial charge >= 0.3 is 0 Å². The van der Waals surface area contributed by atoms with E-state index in [4.69, 9.17) is 0 Å². The zero-order chi connectivity index (χ0) is 11.7. The van der Waals surface area contributed by atoms with Gasteiger partial charge < -0.3 is 4.90 Å². The summed E-state index contributed by atoms with van der Waals surface area (Å²) >= 11 is 1.58. The van der Waals surface area contributed by atoms with E-state index in [0.717, 1.165) is 30.1 Å². The molecule has 0 bridgehead atoms. The van der Waals surface area contributed by atoms with Crippen molar-refractivity contribution < 1.29 is 4.79 Å². The van der Waals surface area contributed by atoms with E-state index in [1.165, 1.54) is 6.42 Å². The van der Waals surface area contributed by atoms with E-state index in [-0.39, 0.29) is 5.78 Å². The third-order valence-corrected chi connectivity index (χ3v) is 4.19. The molecule has 0 N–H and O–H groups in total. The van der Waals surface area contributed by atoms with Crippen LogP contribution in [0.25, 0.3) is 0 Å². The Balaban J connectivity index is 2.06. The maximum absolute atomic E-state index is 11.2. The molecule has 0 saturated carbocycles. The van der Waals surface area contributed by atoms with Crippen molar-refractivity contribution in [3.8, 4) is 0 Å². The second kappa shape index (κ2) is 4.53. The molecule has 1 aliphatic heterocycles. The van der Waals surface area contributed by atoms with Gasteiger partial charge in [-0.3, -0.25) is 4.79 Å². The first-order chi connectivity index (χ1) is 7.58. The minimum Gasteiger partial charge on any atom is -0.348 e. The Bertz CT molecular complexity index is 386. The van der Waals surface area contributed by atoms with Gasteiger partial charge in [-0.2, -0.15) is 0 Å². The summed E-state index contributed by atoms with van der Waals surface area (Å²) in [6.07, 6.45) is 1.24. The molecule has 4 heteroatoms. The largest absolute Gasteiger partial charge is 0.348 e. The van der Waals surface area contributed by atoms with Crippen LogP contribution >= 0.6 is 11.3 Å². The van der Waals surface area contributed by atoms with Crippen LogP contribution in [-0.4, -0.2) is 23.9 Å². The minimum atomic E-state index is 0.0575. The van der Waals surface area contributed by atoms with E-state index in [1.54, 1.807) is 18.3 Å². The average Bonchev–Trinajstić information content (AvgIpc) is 2.86. The molecule has 3 nitrogen and oxygen atoms in total. The number of Topliss-reactive ketones (excluding diaryl/α,β-unsaturated/α-hetero) is 1. The quantitative estimate of drug-likeness (QED) is 0.759. The fourth-order valence-corrected chi connectivity index (χ4v) is 2.98.